The lowest BCUT2D eigenvalue weighted by Gasteiger charge is -2.18. The molecule has 1 saturated heterocycles. The molecule has 1 aliphatic rings. The number of carbonyl (C=O) groups excluding carboxylic acids is 1. The third-order valence-corrected chi connectivity index (χ3v) is 4.69. The van der Waals surface area contributed by atoms with E-state index < -0.39 is 31.8 Å². The molecule has 114 valence electrons. The highest BCUT2D eigenvalue weighted by atomic mass is 35.5. The zero-order valence-corrected chi connectivity index (χ0v) is 12.1. The van der Waals surface area contributed by atoms with Crippen LogP contribution in [0.3, 0.4) is 0 Å². The van der Waals surface area contributed by atoms with Crippen molar-refractivity contribution in [3.05, 3.63) is 27.3 Å². The number of sulfonamides is 1. The predicted molar refractivity (Wildman–Crippen MR) is 76.4 cm³/mol. The van der Waals surface area contributed by atoms with Gasteiger partial charge in [-0.2, -0.15) is 0 Å². The Balaban J connectivity index is 2.42. The van der Waals surface area contributed by atoms with Gasteiger partial charge in [0, 0.05) is 19.0 Å². The van der Waals surface area contributed by atoms with Gasteiger partial charge in [-0.05, 0) is 6.07 Å². The standard InChI is InChI=1S/C10H11ClN4O5S/c11-6-2-9(7(12)3-8(6)15(17)18)14-4-5(1-10(14)16)21(13,19)20/h2-3,5H,1,4,12H2,(H2,13,19,20). The van der Waals surface area contributed by atoms with Gasteiger partial charge in [0.15, 0.2) is 0 Å². The molecule has 0 spiro atoms. The molecule has 1 unspecified atom stereocenters. The number of hydrogen-bond donors (Lipinski definition) is 2. The minimum atomic E-state index is -3.87. The van der Waals surface area contributed by atoms with Gasteiger partial charge in [0.2, 0.25) is 15.9 Å². The molecule has 1 aromatic carbocycles. The number of nitro groups is 1. The number of hydrogen-bond acceptors (Lipinski definition) is 6. The fourth-order valence-electron chi connectivity index (χ4n) is 2.07. The molecule has 1 fully saturated rings. The van der Waals surface area contributed by atoms with Crippen molar-refractivity contribution in [1.82, 2.24) is 0 Å². The minimum absolute atomic E-state index is 0.0467. The van der Waals surface area contributed by atoms with Gasteiger partial charge in [-0.1, -0.05) is 11.6 Å². The van der Waals surface area contributed by atoms with E-state index in [0.29, 0.717) is 0 Å². The van der Waals surface area contributed by atoms with Crippen LogP contribution >= 0.6 is 11.6 Å². The number of nitrogens with zero attached hydrogens (tertiary/aromatic N) is 2. The Kier molecular flexibility index (Phi) is 3.78. The summed E-state index contributed by atoms with van der Waals surface area (Å²) in [6.45, 7) is -0.171. The van der Waals surface area contributed by atoms with E-state index in [2.05, 4.69) is 0 Å². The predicted octanol–water partition coefficient (Wildman–Crippen LogP) is 0.224. The average Bonchev–Trinajstić information content (AvgIpc) is 2.73. The number of nitrogen functional groups attached to an aromatic ring is 1. The Bertz CT molecular complexity index is 735. The monoisotopic (exact) mass is 334 g/mol. The second-order valence-corrected chi connectivity index (χ2v) is 6.79. The number of anilines is 2. The molecule has 1 atom stereocenters. The maximum atomic E-state index is 11.9. The average molecular weight is 335 g/mol. The van der Waals surface area contributed by atoms with Gasteiger partial charge in [-0.15, -0.1) is 0 Å². The van der Waals surface area contributed by atoms with Crippen molar-refractivity contribution in [3.8, 4) is 0 Å². The molecule has 0 radical (unpaired) electrons. The molecule has 0 saturated carbocycles. The van der Waals surface area contributed by atoms with Crippen molar-refractivity contribution in [3.63, 3.8) is 0 Å². The quantitative estimate of drug-likeness (QED) is 0.458. The van der Waals surface area contributed by atoms with Gasteiger partial charge >= 0.3 is 0 Å². The second-order valence-electron chi connectivity index (χ2n) is 4.54. The number of nitrogens with two attached hydrogens (primary N) is 2. The fraction of sp³-hybridized carbons (Fsp3) is 0.300. The minimum Gasteiger partial charge on any atom is -0.397 e. The third-order valence-electron chi connectivity index (χ3n) is 3.14. The highest BCUT2D eigenvalue weighted by Gasteiger charge is 2.38. The number of amides is 1. The number of rotatable bonds is 3. The number of primary sulfonamides is 1. The van der Waals surface area contributed by atoms with E-state index in [1.54, 1.807) is 0 Å². The van der Waals surface area contributed by atoms with Crippen LogP contribution < -0.4 is 15.8 Å². The largest absolute Gasteiger partial charge is 0.397 e. The van der Waals surface area contributed by atoms with Crippen molar-refractivity contribution in [1.29, 1.82) is 0 Å². The first-order chi connectivity index (χ1) is 9.61. The van der Waals surface area contributed by atoms with Crippen LogP contribution in [-0.2, 0) is 14.8 Å². The molecule has 0 bridgehead atoms. The zero-order valence-electron chi connectivity index (χ0n) is 10.5. The van der Waals surface area contributed by atoms with Crippen LogP contribution in [0.5, 0.6) is 0 Å². The van der Waals surface area contributed by atoms with Crippen LogP contribution in [0.4, 0.5) is 17.1 Å². The first kappa shape index (κ1) is 15.5. The lowest BCUT2D eigenvalue weighted by molar-refractivity contribution is -0.384. The van der Waals surface area contributed by atoms with Gasteiger partial charge in [0.1, 0.15) is 10.3 Å². The van der Waals surface area contributed by atoms with E-state index in [0.717, 1.165) is 11.0 Å². The highest BCUT2D eigenvalue weighted by Crippen LogP contribution is 2.36. The topological polar surface area (TPSA) is 150 Å². The molecule has 1 aromatic rings. The van der Waals surface area contributed by atoms with E-state index in [4.69, 9.17) is 22.5 Å². The molecule has 4 N–H and O–H groups in total. The zero-order chi connectivity index (χ0) is 15.9. The van der Waals surface area contributed by atoms with Crippen molar-refractivity contribution >= 4 is 44.6 Å². The molecule has 0 aromatic heterocycles. The summed E-state index contributed by atoms with van der Waals surface area (Å²) in [5.41, 5.74) is 5.37. The van der Waals surface area contributed by atoms with Gasteiger partial charge in [-0.3, -0.25) is 14.9 Å². The van der Waals surface area contributed by atoms with Crippen LogP contribution in [0.25, 0.3) is 0 Å². The van der Waals surface area contributed by atoms with Crippen LogP contribution in [0.2, 0.25) is 5.02 Å². The summed E-state index contributed by atoms with van der Waals surface area (Å²) in [5.74, 6) is -0.495. The molecule has 21 heavy (non-hydrogen) atoms. The first-order valence-corrected chi connectivity index (χ1v) is 7.65. The lowest BCUT2D eigenvalue weighted by atomic mass is 10.2. The molecule has 1 heterocycles. The van der Waals surface area contributed by atoms with Crippen molar-refractivity contribution < 1.29 is 18.1 Å². The van der Waals surface area contributed by atoms with E-state index in [1.165, 1.54) is 6.07 Å². The molecule has 11 heteroatoms. The van der Waals surface area contributed by atoms with Gasteiger partial charge in [0.25, 0.3) is 5.69 Å². The van der Waals surface area contributed by atoms with Gasteiger partial charge < -0.3 is 10.6 Å². The van der Waals surface area contributed by atoms with Crippen molar-refractivity contribution in [2.45, 2.75) is 11.7 Å². The molecular weight excluding hydrogens is 324 g/mol. The van der Waals surface area contributed by atoms with Crippen LogP contribution in [0.15, 0.2) is 12.1 Å². The SMILES string of the molecule is Nc1cc([N+](=O)[O-])c(Cl)cc1N1CC(S(N)(=O)=O)CC1=O. The van der Waals surface area contributed by atoms with E-state index >= 15 is 0 Å². The van der Waals surface area contributed by atoms with Gasteiger partial charge in [0.05, 0.1) is 16.3 Å². The number of benzene rings is 1. The molecule has 1 aliphatic heterocycles. The maximum Gasteiger partial charge on any atom is 0.290 e. The Labute approximate surface area is 124 Å². The summed E-state index contributed by atoms with van der Waals surface area (Å²) in [4.78, 5) is 23.0. The summed E-state index contributed by atoms with van der Waals surface area (Å²) < 4.78 is 22.6. The molecular formula is C10H11ClN4O5S. The van der Waals surface area contributed by atoms with E-state index in [-0.39, 0.29) is 29.4 Å². The summed E-state index contributed by atoms with van der Waals surface area (Å²) in [7, 11) is -3.87. The van der Waals surface area contributed by atoms with Gasteiger partial charge in [-0.25, -0.2) is 13.6 Å². The van der Waals surface area contributed by atoms with Crippen molar-refractivity contribution in [2.75, 3.05) is 17.2 Å². The maximum absolute atomic E-state index is 11.9. The van der Waals surface area contributed by atoms with Crippen molar-refractivity contribution in [2.24, 2.45) is 5.14 Å². The Hall–Kier alpha value is -1.91. The Morgan fingerprint density at radius 2 is 2.05 bits per heavy atom. The second kappa shape index (κ2) is 5.13. The Morgan fingerprint density at radius 1 is 1.43 bits per heavy atom. The van der Waals surface area contributed by atoms with E-state index in [9.17, 15) is 23.3 Å². The highest BCUT2D eigenvalue weighted by molar-refractivity contribution is 7.89. The van der Waals surface area contributed by atoms with Crippen LogP contribution in [0, 0.1) is 10.1 Å². The summed E-state index contributed by atoms with van der Waals surface area (Å²) in [6.07, 6.45) is -0.271. The summed E-state index contributed by atoms with van der Waals surface area (Å²) in [5, 5.41) is 14.5. The molecule has 9 nitrogen and oxygen atoms in total. The van der Waals surface area contributed by atoms with Crippen LogP contribution in [-0.4, -0.2) is 31.0 Å². The summed E-state index contributed by atoms with van der Waals surface area (Å²) >= 11 is 5.77. The lowest BCUT2D eigenvalue weighted by Crippen LogP contribution is -2.32. The molecule has 1 amide bonds. The smallest absolute Gasteiger partial charge is 0.290 e. The molecule has 0 aliphatic carbocycles. The number of carbonyl (C=O) groups is 1. The summed E-state index contributed by atoms with van der Waals surface area (Å²) in [6, 6.07) is 2.19. The van der Waals surface area contributed by atoms with Crippen LogP contribution in [0.1, 0.15) is 6.42 Å². The molecule has 2 rings (SSSR count). The first-order valence-electron chi connectivity index (χ1n) is 5.66. The third kappa shape index (κ3) is 2.91. The Morgan fingerprint density at radius 3 is 2.52 bits per heavy atom. The number of halogens is 1. The van der Waals surface area contributed by atoms with E-state index in [1.807, 2.05) is 0 Å². The number of nitro benzene ring substituents is 1. The fourth-order valence-corrected chi connectivity index (χ4v) is 3.03. The normalized spacial score (nSPS) is 19.0.